The quantitative estimate of drug-likeness (QED) is 0.857. The molecular formula is C17H22N2O2. The van der Waals surface area contributed by atoms with Crippen LogP contribution in [0.15, 0.2) is 35.5 Å². The second kappa shape index (κ2) is 5.88. The molecule has 1 amide bonds. The van der Waals surface area contributed by atoms with Crippen LogP contribution in [0.5, 0.6) is 0 Å². The highest BCUT2D eigenvalue weighted by Gasteiger charge is 2.40. The molecule has 2 aliphatic heterocycles. The highest BCUT2D eigenvalue weighted by Crippen LogP contribution is 2.34. The summed E-state index contributed by atoms with van der Waals surface area (Å²) in [6.45, 7) is 3.62. The molecule has 0 aliphatic carbocycles. The molecule has 2 aliphatic rings. The predicted molar refractivity (Wildman–Crippen MR) is 82.2 cm³/mol. The van der Waals surface area contributed by atoms with Crippen molar-refractivity contribution in [1.29, 1.82) is 0 Å². The summed E-state index contributed by atoms with van der Waals surface area (Å²) >= 11 is 0. The minimum atomic E-state index is -0.134. The smallest absolute Gasteiger partial charge is 0.230 e. The summed E-state index contributed by atoms with van der Waals surface area (Å²) < 4.78 is 0. The number of amides is 1. The third-order valence-corrected chi connectivity index (χ3v) is 4.68. The molecule has 1 fully saturated rings. The largest absolute Gasteiger partial charge is 0.389 e. The van der Waals surface area contributed by atoms with Crippen LogP contribution in [0.1, 0.15) is 44.1 Å². The molecule has 3 rings (SSSR count). The van der Waals surface area contributed by atoms with Gasteiger partial charge < -0.3 is 9.74 Å². The zero-order valence-electron chi connectivity index (χ0n) is 12.5. The summed E-state index contributed by atoms with van der Waals surface area (Å²) in [7, 11) is 0. The molecule has 2 heterocycles. The first-order valence-corrected chi connectivity index (χ1v) is 7.78. The van der Waals surface area contributed by atoms with Crippen molar-refractivity contribution in [3.05, 3.63) is 35.9 Å². The normalized spacial score (nSPS) is 21.3. The Kier molecular flexibility index (Phi) is 3.95. The summed E-state index contributed by atoms with van der Waals surface area (Å²) in [6.07, 6.45) is 5.32. The Morgan fingerprint density at radius 2 is 2.05 bits per heavy atom. The van der Waals surface area contributed by atoms with E-state index in [0.717, 1.165) is 44.3 Å². The third kappa shape index (κ3) is 2.80. The molecular weight excluding hydrogens is 264 g/mol. The van der Waals surface area contributed by atoms with E-state index in [0.29, 0.717) is 0 Å². The Hall–Kier alpha value is -1.84. The first kappa shape index (κ1) is 14.1. The molecule has 1 saturated heterocycles. The molecule has 1 aromatic carbocycles. The van der Waals surface area contributed by atoms with E-state index in [4.69, 9.17) is 4.84 Å². The second-order valence-electron chi connectivity index (χ2n) is 5.96. The fourth-order valence-corrected chi connectivity index (χ4v) is 3.28. The number of benzene rings is 1. The maximum absolute atomic E-state index is 12.8. The lowest BCUT2D eigenvalue weighted by Crippen LogP contribution is -2.47. The first-order valence-electron chi connectivity index (χ1n) is 7.78. The Balaban J connectivity index is 1.65. The number of nitrogens with zero attached hydrogens (tertiary/aromatic N) is 2. The van der Waals surface area contributed by atoms with Gasteiger partial charge in [0, 0.05) is 38.6 Å². The maximum atomic E-state index is 12.8. The van der Waals surface area contributed by atoms with Gasteiger partial charge in [0.15, 0.2) is 0 Å². The number of piperidine rings is 1. The topological polar surface area (TPSA) is 41.9 Å². The van der Waals surface area contributed by atoms with Crippen LogP contribution < -0.4 is 0 Å². The molecule has 0 saturated carbocycles. The van der Waals surface area contributed by atoms with Gasteiger partial charge in [-0.15, -0.1) is 0 Å². The molecule has 1 atom stereocenters. The Bertz CT molecular complexity index is 509. The van der Waals surface area contributed by atoms with Gasteiger partial charge in [0.25, 0.3) is 0 Å². The summed E-state index contributed by atoms with van der Waals surface area (Å²) in [4.78, 5) is 20.3. The van der Waals surface area contributed by atoms with E-state index >= 15 is 0 Å². The minimum absolute atomic E-state index is 0.0269. The van der Waals surface area contributed by atoms with Gasteiger partial charge in [-0.1, -0.05) is 42.4 Å². The van der Waals surface area contributed by atoms with Crippen LogP contribution in [0.4, 0.5) is 0 Å². The monoisotopic (exact) mass is 286 g/mol. The number of hydrogen-bond donors (Lipinski definition) is 0. The highest BCUT2D eigenvalue weighted by molar-refractivity contribution is 5.83. The Morgan fingerprint density at radius 1 is 1.33 bits per heavy atom. The molecule has 0 aromatic heterocycles. The molecule has 1 spiro atoms. The summed E-state index contributed by atoms with van der Waals surface area (Å²) in [5.41, 5.74) is 0.983. The summed E-state index contributed by atoms with van der Waals surface area (Å²) in [5, 5.41) is 3.90. The van der Waals surface area contributed by atoms with Gasteiger partial charge in [-0.3, -0.25) is 4.79 Å². The maximum Gasteiger partial charge on any atom is 0.230 e. The predicted octanol–water partition coefficient (Wildman–Crippen LogP) is 2.95. The molecule has 0 N–H and O–H groups in total. The van der Waals surface area contributed by atoms with E-state index in [1.807, 2.05) is 41.4 Å². The van der Waals surface area contributed by atoms with Crippen molar-refractivity contribution in [3.63, 3.8) is 0 Å². The van der Waals surface area contributed by atoms with Crippen LogP contribution in [0.2, 0.25) is 0 Å². The standard InChI is InChI=1S/C17H22N2O2/c1-2-15(14-6-4-3-5-7-14)16(20)19-12-9-17(10-13-19)8-11-18-21-17/h3-7,11,15H,2,8-10,12-13H2,1H3. The second-order valence-corrected chi connectivity index (χ2v) is 5.96. The molecule has 21 heavy (non-hydrogen) atoms. The summed E-state index contributed by atoms with van der Waals surface area (Å²) in [6, 6.07) is 10.1. The van der Waals surface area contributed by atoms with Gasteiger partial charge in [0.1, 0.15) is 5.60 Å². The minimum Gasteiger partial charge on any atom is -0.389 e. The van der Waals surface area contributed by atoms with Crippen LogP contribution in [0.25, 0.3) is 0 Å². The molecule has 4 nitrogen and oxygen atoms in total. The molecule has 0 bridgehead atoms. The SMILES string of the molecule is CCC(C(=O)N1CCC2(CC=NO2)CC1)c1ccccc1. The Labute approximate surface area is 125 Å². The average molecular weight is 286 g/mol. The van der Waals surface area contributed by atoms with E-state index in [-0.39, 0.29) is 17.4 Å². The molecule has 1 unspecified atom stereocenters. The number of rotatable bonds is 3. The zero-order valence-corrected chi connectivity index (χ0v) is 12.5. The van der Waals surface area contributed by atoms with Crippen molar-refractivity contribution in [2.45, 2.75) is 44.1 Å². The van der Waals surface area contributed by atoms with Crippen molar-refractivity contribution < 1.29 is 9.63 Å². The van der Waals surface area contributed by atoms with Crippen molar-refractivity contribution in [2.24, 2.45) is 5.16 Å². The van der Waals surface area contributed by atoms with E-state index in [2.05, 4.69) is 12.1 Å². The molecule has 1 aromatic rings. The molecule has 112 valence electrons. The van der Waals surface area contributed by atoms with Crippen LogP contribution in [0, 0.1) is 0 Å². The number of carbonyl (C=O) groups excluding carboxylic acids is 1. The lowest BCUT2D eigenvalue weighted by molar-refractivity contribution is -0.138. The number of likely N-dealkylation sites (tertiary alicyclic amines) is 1. The number of carbonyl (C=O) groups is 1. The van der Waals surface area contributed by atoms with Gasteiger partial charge in [-0.25, -0.2) is 0 Å². The van der Waals surface area contributed by atoms with Crippen molar-refractivity contribution in [1.82, 2.24) is 4.90 Å². The number of oxime groups is 1. The van der Waals surface area contributed by atoms with Crippen molar-refractivity contribution in [2.75, 3.05) is 13.1 Å². The molecule has 0 radical (unpaired) electrons. The fourth-order valence-electron chi connectivity index (χ4n) is 3.28. The van der Waals surface area contributed by atoms with E-state index in [1.165, 1.54) is 0 Å². The zero-order chi connectivity index (χ0) is 14.7. The lowest BCUT2D eigenvalue weighted by Gasteiger charge is -2.38. The third-order valence-electron chi connectivity index (χ3n) is 4.68. The fraction of sp³-hybridized carbons (Fsp3) is 0.529. The Morgan fingerprint density at radius 3 is 2.62 bits per heavy atom. The van der Waals surface area contributed by atoms with Crippen LogP contribution in [-0.4, -0.2) is 35.7 Å². The highest BCUT2D eigenvalue weighted by atomic mass is 16.7. The van der Waals surface area contributed by atoms with Crippen LogP contribution >= 0.6 is 0 Å². The van der Waals surface area contributed by atoms with Gasteiger partial charge >= 0.3 is 0 Å². The van der Waals surface area contributed by atoms with Gasteiger partial charge in [0.05, 0.1) is 5.92 Å². The lowest BCUT2D eigenvalue weighted by atomic mass is 9.87. The number of hydrogen-bond acceptors (Lipinski definition) is 3. The first-order chi connectivity index (χ1) is 10.2. The molecule has 4 heteroatoms. The van der Waals surface area contributed by atoms with Crippen LogP contribution in [-0.2, 0) is 9.63 Å². The van der Waals surface area contributed by atoms with Gasteiger partial charge in [-0.2, -0.15) is 0 Å². The van der Waals surface area contributed by atoms with Crippen molar-refractivity contribution >= 4 is 12.1 Å². The van der Waals surface area contributed by atoms with Crippen LogP contribution in [0.3, 0.4) is 0 Å². The van der Waals surface area contributed by atoms with E-state index < -0.39 is 0 Å². The van der Waals surface area contributed by atoms with E-state index in [9.17, 15) is 4.79 Å². The van der Waals surface area contributed by atoms with Crippen molar-refractivity contribution in [3.8, 4) is 0 Å². The average Bonchev–Trinajstić information content (AvgIpc) is 2.98. The van der Waals surface area contributed by atoms with Gasteiger partial charge in [-0.05, 0) is 12.0 Å². The summed E-state index contributed by atoms with van der Waals surface area (Å²) in [5.74, 6) is 0.221. The van der Waals surface area contributed by atoms with E-state index in [1.54, 1.807) is 0 Å². The van der Waals surface area contributed by atoms with Gasteiger partial charge in [0.2, 0.25) is 5.91 Å².